The molecule has 0 fully saturated rings. The topological polar surface area (TPSA) is 63.3 Å². The summed E-state index contributed by atoms with van der Waals surface area (Å²) in [5, 5.41) is 5.02. The van der Waals surface area contributed by atoms with Crippen LogP contribution in [-0.4, -0.2) is 15.8 Å². The van der Waals surface area contributed by atoms with Gasteiger partial charge >= 0.3 is 0 Å². The maximum atomic E-state index is 12.9. The third kappa shape index (κ3) is 3.37. The number of rotatable bonds is 3. The summed E-state index contributed by atoms with van der Waals surface area (Å²) in [6, 6.07) is 6.25. The van der Waals surface area contributed by atoms with Crippen LogP contribution in [0.1, 0.15) is 17.5 Å². The number of benzene rings is 1. The number of hydrogen-bond donors (Lipinski definition) is 2. The predicted octanol–water partition coefficient (Wildman–Crippen LogP) is 2.81. The van der Waals surface area contributed by atoms with Crippen molar-refractivity contribution in [2.75, 3.05) is 0 Å². The van der Waals surface area contributed by atoms with Gasteiger partial charge in [-0.2, -0.15) is 5.10 Å². The SMILES string of the molecule is CC(=NNC(N)=S)c1sc(-c2ccc(F)cc2)nc1C. The van der Waals surface area contributed by atoms with Crippen LogP contribution in [-0.2, 0) is 0 Å². The highest BCUT2D eigenvalue weighted by molar-refractivity contribution is 7.80. The van der Waals surface area contributed by atoms with Gasteiger partial charge in [-0.15, -0.1) is 11.3 Å². The molecule has 0 amide bonds. The highest BCUT2D eigenvalue weighted by atomic mass is 32.1. The van der Waals surface area contributed by atoms with Crippen LogP contribution in [0.15, 0.2) is 29.4 Å². The third-order valence-electron chi connectivity index (χ3n) is 2.55. The van der Waals surface area contributed by atoms with Crippen LogP contribution in [0.4, 0.5) is 4.39 Å². The zero-order valence-corrected chi connectivity index (χ0v) is 12.6. The van der Waals surface area contributed by atoms with E-state index >= 15 is 0 Å². The lowest BCUT2D eigenvalue weighted by molar-refractivity contribution is 0.628. The Morgan fingerprint density at radius 3 is 2.65 bits per heavy atom. The molecule has 0 unspecified atom stereocenters. The molecular weight excluding hydrogens is 295 g/mol. The standard InChI is InChI=1S/C13H13FN4S2/c1-7-11(8(2)17-18-13(15)19)20-12(16-7)9-3-5-10(14)6-4-9/h3-6H,1-2H3,(H3,15,18,19). The summed E-state index contributed by atoms with van der Waals surface area (Å²) in [7, 11) is 0. The molecule has 0 aliphatic rings. The van der Waals surface area contributed by atoms with Gasteiger partial charge in [0.1, 0.15) is 10.8 Å². The Morgan fingerprint density at radius 1 is 1.40 bits per heavy atom. The normalized spacial score (nSPS) is 11.4. The van der Waals surface area contributed by atoms with Gasteiger partial charge in [0.15, 0.2) is 5.11 Å². The number of halogens is 1. The lowest BCUT2D eigenvalue weighted by Gasteiger charge is -1.99. The molecule has 0 saturated heterocycles. The fourth-order valence-corrected chi connectivity index (χ4v) is 2.70. The van der Waals surface area contributed by atoms with E-state index in [0.717, 1.165) is 26.9 Å². The van der Waals surface area contributed by atoms with E-state index in [4.69, 9.17) is 18.0 Å². The van der Waals surface area contributed by atoms with Crippen LogP contribution in [0.25, 0.3) is 10.6 Å². The highest BCUT2D eigenvalue weighted by Gasteiger charge is 2.12. The first-order valence-electron chi connectivity index (χ1n) is 5.81. The molecular formula is C13H13FN4S2. The molecule has 1 heterocycles. The predicted molar refractivity (Wildman–Crippen MR) is 84.4 cm³/mol. The van der Waals surface area contributed by atoms with Crippen molar-refractivity contribution in [3.63, 3.8) is 0 Å². The monoisotopic (exact) mass is 308 g/mol. The van der Waals surface area contributed by atoms with E-state index in [2.05, 4.69) is 15.5 Å². The highest BCUT2D eigenvalue weighted by Crippen LogP contribution is 2.28. The van der Waals surface area contributed by atoms with Crippen molar-refractivity contribution in [2.45, 2.75) is 13.8 Å². The van der Waals surface area contributed by atoms with Gasteiger partial charge in [0, 0.05) is 5.56 Å². The average molecular weight is 308 g/mol. The van der Waals surface area contributed by atoms with E-state index in [0.29, 0.717) is 0 Å². The summed E-state index contributed by atoms with van der Waals surface area (Å²) in [4.78, 5) is 5.42. The molecule has 0 aliphatic heterocycles. The second-order valence-electron chi connectivity index (χ2n) is 4.11. The van der Waals surface area contributed by atoms with Crippen LogP contribution < -0.4 is 11.2 Å². The molecule has 1 aromatic carbocycles. The van der Waals surface area contributed by atoms with Gasteiger partial charge < -0.3 is 5.73 Å². The molecule has 1 aromatic heterocycles. The molecule has 0 bridgehead atoms. The number of nitrogens with zero attached hydrogens (tertiary/aromatic N) is 2. The van der Waals surface area contributed by atoms with E-state index in [9.17, 15) is 4.39 Å². The first kappa shape index (κ1) is 14.5. The van der Waals surface area contributed by atoms with Gasteiger partial charge in [0.05, 0.1) is 16.3 Å². The first-order chi connectivity index (χ1) is 9.47. The Balaban J connectivity index is 2.32. The van der Waals surface area contributed by atoms with Crippen molar-refractivity contribution >= 4 is 34.4 Å². The summed E-state index contributed by atoms with van der Waals surface area (Å²) >= 11 is 6.19. The van der Waals surface area contributed by atoms with E-state index < -0.39 is 0 Å². The van der Waals surface area contributed by atoms with Crippen LogP contribution in [0, 0.1) is 12.7 Å². The molecule has 3 N–H and O–H groups in total. The van der Waals surface area contributed by atoms with Gasteiger partial charge in [-0.1, -0.05) is 0 Å². The summed E-state index contributed by atoms with van der Waals surface area (Å²) < 4.78 is 12.9. The van der Waals surface area contributed by atoms with Gasteiger partial charge in [-0.3, -0.25) is 5.43 Å². The minimum atomic E-state index is -0.263. The van der Waals surface area contributed by atoms with Crippen LogP contribution >= 0.6 is 23.6 Å². The molecule has 7 heteroatoms. The van der Waals surface area contributed by atoms with Crippen molar-refractivity contribution in [3.05, 3.63) is 40.7 Å². The number of aromatic nitrogens is 1. The van der Waals surface area contributed by atoms with Crippen molar-refractivity contribution in [1.82, 2.24) is 10.4 Å². The van der Waals surface area contributed by atoms with Gasteiger partial charge in [0.25, 0.3) is 0 Å². The number of thiazole rings is 1. The zero-order valence-electron chi connectivity index (χ0n) is 11.0. The Hall–Kier alpha value is -1.86. The molecule has 0 radical (unpaired) electrons. The maximum absolute atomic E-state index is 12.9. The van der Waals surface area contributed by atoms with Gasteiger partial charge in [-0.05, 0) is 50.3 Å². The number of hydrogen-bond acceptors (Lipinski definition) is 4. The number of nitrogens with two attached hydrogens (primary N) is 1. The second-order valence-corrected chi connectivity index (χ2v) is 5.55. The second kappa shape index (κ2) is 6.06. The van der Waals surface area contributed by atoms with Crippen molar-refractivity contribution in [1.29, 1.82) is 0 Å². The minimum Gasteiger partial charge on any atom is -0.375 e. The Morgan fingerprint density at radius 2 is 2.05 bits per heavy atom. The van der Waals surface area contributed by atoms with E-state index in [1.807, 2.05) is 13.8 Å². The van der Waals surface area contributed by atoms with Crippen molar-refractivity contribution < 1.29 is 4.39 Å². The van der Waals surface area contributed by atoms with Crippen LogP contribution in [0.3, 0.4) is 0 Å². The zero-order chi connectivity index (χ0) is 14.7. The number of nitrogens with one attached hydrogen (secondary N) is 1. The molecule has 0 atom stereocenters. The summed E-state index contributed by atoms with van der Waals surface area (Å²) in [6.07, 6.45) is 0. The molecule has 104 valence electrons. The Kier molecular flexibility index (Phi) is 4.41. The number of hydrazone groups is 1. The minimum absolute atomic E-state index is 0.116. The molecule has 0 saturated carbocycles. The third-order valence-corrected chi connectivity index (χ3v) is 3.96. The summed E-state index contributed by atoms with van der Waals surface area (Å²) in [5.41, 5.74) is 10.4. The van der Waals surface area contributed by atoms with Crippen molar-refractivity contribution in [3.8, 4) is 10.6 Å². The molecule has 2 aromatic rings. The van der Waals surface area contributed by atoms with Crippen molar-refractivity contribution in [2.24, 2.45) is 10.8 Å². The maximum Gasteiger partial charge on any atom is 0.184 e. The lowest BCUT2D eigenvalue weighted by Crippen LogP contribution is -2.25. The molecule has 4 nitrogen and oxygen atoms in total. The first-order valence-corrected chi connectivity index (χ1v) is 7.03. The quantitative estimate of drug-likeness (QED) is 0.520. The van der Waals surface area contributed by atoms with E-state index in [-0.39, 0.29) is 10.9 Å². The fraction of sp³-hybridized carbons (Fsp3) is 0.154. The van der Waals surface area contributed by atoms with Gasteiger partial charge in [0.2, 0.25) is 0 Å². The lowest BCUT2D eigenvalue weighted by atomic mass is 10.2. The van der Waals surface area contributed by atoms with E-state index in [1.54, 1.807) is 12.1 Å². The Labute approximate surface area is 125 Å². The van der Waals surface area contributed by atoms with E-state index in [1.165, 1.54) is 23.5 Å². The molecule has 2 rings (SSSR count). The average Bonchev–Trinajstić information content (AvgIpc) is 2.79. The molecule has 0 spiro atoms. The number of thiocarbonyl (C=S) groups is 1. The molecule has 0 aliphatic carbocycles. The summed E-state index contributed by atoms with van der Waals surface area (Å²) in [5.74, 6) is -0.263. The molecule has 20 heavy (non-hydrogen) atoms. The fourth-order valence-electron chi connectivity index (χ4n) is 1.64. The smallest absolute Gasteiger partial charge is 0.184 e. The van der Waals surface area contributed by atoms with Crippen LogP contribution in [0.2, 0.25) is 0 Å². The summed E-state index contributed by atoms with van der Waals surface area (Å²) in [6.45, 7) is 3.75. The Bertz CT molecular complexity index is 662. The number of aryl methyl sites for hydroxylation is 1. The van der Waals surface area contributed by atoms with Crippen LogP contribution in [0.5, 0.6) is 0 Å². The largest absolute Gasteiger partial charge is 0.375 e. The van der Waals surface area contributed by atoms with Gasteiger partial charge in [-0.25, -0.2) is 9.37 Å².